The summed E-state index contributed by atoms with van der Waals surface area (Å²) in [5, 5.41) is 2.90. The number of carbonyl (C=O) groups excluding carboxylic acids is 2. The van der Waals surface area contributed by atoms with Gasteiger partial charge in [0, 0.05) is 43.3 Å². The maximum Gasteiger partial charge on any atom is 0.227 e. The minimum Gasteiger partial charge on any atom is -0.326 e. The molecule has 0 bridgehead atoms. The zero-order valence-corrected chi connectivity index (χ0v) is 15.8. The summed E-state index contributed by atoms with van der Waals surface area (Å²) in [6, 6.07) is 7.32. The molecule has 1 aromatic carbocycles. The number of piperidine rings is 2. The van der Waals surface area contributed by atoms with Gasteiger partial charge in [0.15, 0.2) is 0 Å². The fourth-order valence-corrected chi connectivity index (χ4v) is 4.37. The summed E-state index contributed by atoms with van der Waals surface area (Å²) >= 11 is 0. The van der Waals surface area contributed by atoms with Gasteiger partial charge in [0.25, 0.3) is 0 Å². The van der Waals surface area contributed by atoms with E-state index in [4.69, 9.17) is 0 Å². The van der Waals surface area contributed by atoms with E-state index in [9.17, 15) is 18.0 Å². The van der Waals surface area contributed by atoms with Crippen molar-refractivity contribution in [2.75, 3.05) is 36.1 Å². The van der Waals surface area contributed by atoms with Crippen molar-refractivity contribution in [2.45, 2.75) is 32.1 Å². The summed E-state index contributed by atoms with van der Waals surface area (Å²) in [4.78, 5) is 26.2. The van der Waals surface area contributed by atoms with Gasteiger partial charge >= 0.3 is 0 Å². The van der Waals surface area contributed by atoms with Crippen LogP contribution in [0, 0.1) is 5.92 Å². The molecule has 2 aliphatic rings. The van der Waals surface area contributed by atoms with E-state index in [1.807, 2.05) is 12.1 Å². The Labute approximate surface area is 154 Å². The molecule has 1 aromatic rings. The predicted molar refractivity (Wildman–Crippen MR) is 100 cm³/mol. The number of sulfonamides is 1. The average Bonchev–Trinajstić information content (AvgIpc) is 2.62. The van der Waals surface area contributed by atoms with Gasteiger partial charge in [-0.05, 0) is 49.9 Å². The Kier molecular flexibility index (Phi) is 5.62. The third-order valence-electron chi connectivity index (χ3n) is 5.06. The van der Waals surface area contributed by atoms with Crippen LogP contribution in [0.25, 0.3) is 0 Å². The minimum absolute atomic E-state index is 0.0834. The number of carbonyl (C=O) groups is 2. The maximum absolute atomic E-state index is 12.4. The molecule has 2 amide bonds. The number of nitrogens with one attached hydrogen (secondary N) is 1. The lowest BCUT2D eigenvalue weighted by Gasteiger charge is -2.29. The number of anilines is 2. The fourth-order valence-electron chi connectivity index (χ4n) is 3.50. The summed E-state index contributed by atoms with van der Waals surface area (Å²) in [5.41, 5.74) is 1.54. The van der Waals surface area contributed by atoms with Crippen LogP contribution in [0.3, 0.4) is 0 Å². The van der Waals surface area contributed by atoms with Crippen molar-refractivity contribution in [2.24, 2.45) is 5.92 Å². The van der Waals surface area contributed by atoms with E-state index in [-0.39, 0.29) is 17.7 Å². The van der Waals surface area contributed by atoms with E-state index in [2.05, 4.69) is 5.32 Å². The molecule has 0 saturated carbocycles. The number of hydrogen-bond donors (Lipinski definition) is 1. The summed E-state index contributed by atoms with van der Waals surface area (Å²) < 4.78 is 24.5. The van der Waals surface area contributed by atoms with Gasteiger partial charge < -0.3 is 10.2 Å². The molecule has 26 heavy (non-hydrogen) atoms. The fraction of sp³-hybridized carbons (Fsp3) is 0.556. The molecule has 7 nitrogen and oxygen atoms in total. The number of benzene rings is 1. The van der Waals surface area contributed by atoms with Crippen LogP contribution < -0.4 is 10.2 Å². The molecular weight excluding hydrogens is 354 g/mol. The van der Waals surface area contributed by atoms with Gasteiger partial charge in [0.05, 0.1) is 6.26 Å². The second-order valence-electron chi connectivity index (χ2n) is 6.97. The zero-order chi connectivity index (χ0) is 18.7. The van der Waals surface area contributed by atoms with Crippen molar-refractivity contribution < 1.29 is 18.0 Å². The molecule has 0 radical (unpaired) electrons. The summed E-state index contributed by atoms with van der Waals surface area (Å²) in [6.07, 6.45) is 4.79. The van der Waals surface area contributed by atoms with Crippen molar-refractivity contribution in [1.82, 2.24) is 4.31 Å². The van der Waals surface area contributed by atoms with Crippen LogP contribution in [0.15, 0.2) is 24.3 Å². The van der Waals surface area contributed by atoms with Crippen molar-refractivity contribution in [3.8, 4) is 0 Å². The van der Waals surface area contributed by atoms with E-state index in [0.717, 1.165) is 25.1 Å². The van der Waals surface area contributed by atoms with Crippen LogP contribution in [0.5, 0.6) is 0 Å². The monoisotopic (exact) mass is 379 g/mol. The first kappa shape index (κ1) is 18.8. The number of rotatable bonds is 4. The van der Waals surface area contributed by atoms with Crippen LogP contribution in [-0.2, 0) is 19.6 Å². The van der Waals surface area contributed by atoms with Gasteiger partial charge in [-0.3, -0.25) is 9.59 Å². The van der Waals surface area contributed by atoms with E-state index in [1.54, 1.807) is 17.0 Å². The van der Waals surface area contributed by atoms with Crippen LogP contribution in [0.4, 0.5) is 11.4 Å². The Hall–Kier alpha value is -1.93. The third kappa shape index (κ3) is 4.42. The number of hydrogen-bond acceptors (Lipinski definition) is 4. The first-order chi connectivity index (χ1) is 12.3. The maximum atomic E-state index is 12.4. The van der Waals surface area contributed by atoms with Crippen molar-refractivity contribution in [3.63, 3.8) is 0 Å². The van der Waals surface area contributed by atoms with Crippen molar-refractivity contribution >= 4 is 33.2 Å². The van der Waals surface area contributed by atoms with Crippen LogP contribution in [0.2, 0.25) is 0 Å². The molecule has 0 aromatic heterocycles. The molecule has 0 unspecified atom stereocenters. The Morgan fingerprint density at radius 3 is 2.31 bits per heavy atom. The first-order valence-electron chi connectivity index (χ1n) is 9.01. The molecule has 2 heterocycles. The number of amides is 2. The highest BCUT2D eigenvalue weighted by Gasteiger charge is 2.29. The molecule has 8 heteroatoms. The summed E-state index contributed by atoms with van der Waals surface area (Å²) in [7, 11) is -3.18. The molecule has 2 fully saturated rings. The summed E-state index contributed by atoms with van der Waals surface area (Å²) in [5.74, 6) is -0.123. The van der Waals surface area contributed by atoms with Crippen LogP contribution in [0.1, 0.15) is 32.1 Å². The normalized spacial score (nSPS) is 20.2. The Morgan fingerprint density at radius 1 is 1.08 bits per heavy atom. The van der Waals surface area contributed by atoms with Gasteiger partial charge in [0.1, 0.15) is 0 Å². The molecule has 142 valence electrons. The van der Waals surface area contributed by atoms with E-state index in [0.29, 0.717) is 38.0 Å². The minimum atomic E-state index is -3.18. The lowest BCUT2D eigenvalue weighted by Crippen LogP contribution is -2.40. The number of nitrogens with zero attached hydrogens (tertiary/aromatic N) is 2. The second kappa shape index (κ2) is 7.75. The highest BCUT2D eigenvalue weighted by Crippen LogP contribution is 2.24. The lowest BCUT2D eigenvalue weighted by atomic mass is 9.97. The Bertz CT molecular complexity index is 768. The molecule has 0 spiro atoms. The van der Waals surface area contributed by atoms with Crippen LogP contribution >= 0.6 is 0 Å². The second-order valence-corrected chi connectivity index (χ2v) is 8.96. The van der Waals surface area contributed by atoms with Crippen molar-refractivity contribution in [1.29, 1.82) is 0 Å². The Morgan fingerprint density at radius 2 is 1.73 bits per heavy atom. The zero-order valence-electron chi connectivity index (χ0n) is 15.0. The Balaban J connectivity index is 1.56. The summed E-state index contributed by atoms with van der Waals surface area (Å²) in [6.45, 7) is 1.50. The topological polar surface area (TPSA) is 86.8 Å². The molecule has 2 saturated heterocycles. The third-order valence-corrected chi connectivity index (χ3v) is 6.37. The molecule has 1 N–H and O–H groups in total. The van der Waals surface area contributed by atoms with Gasteiger partial charge in [-0.15, -0.1) is 0 Å². The molecule has 0 aliphatic carbocycles. The standard InChI is InChI=1S/C18H25N3O4S/c1-26(24,25)20-12-9-14(10-13-20)18(23)19-15-5-7-16(8-6-15)21-11-3-2-4-17(21)22/h5-8,14H,2-4,9-13H2,1H3,(H,19,23). The van der Waals surface area contributed by atoms with Gasteiger partial charge in [-0.2, -0.15) is 0 Å². The first-order valence-corrected chi connectivity index (χ1v) is 10.9. The van der Waals surface area contributed by atoms with E-state index in [1.165, 1.54) is 10.6 Å². The van der Waals surface area contributed by atoms with Gasteiger partial charge in [0.2, 0.25) is 21.8 Å². The average molecular weight is 379 g/mol. The highest BCUT2D eigenvalue weighted by molar-refractivity contribution is 7.88. The van der Waals surface area contributed by atoms with Crippen molar-refractivity contribution in [3.05, 3.63) is 24.3 Å². The SMILES string of the molecule is CS(=O)(=O)N1CCC(C(=O)Nc2ccc(N3CCCCC3=O)cc2)CC1. The molecule has 0 atom stereocenters. The highest BCUT2D eigenvalue weighted by atomic mass is 32.2. The largest absolute Gasteiger partial charge is 0.326 e. The molecular formula is C18H25N3O4S. The van der Waals surface area contributed by atoms with E-state index < -0.39 is 10.0 Å². The molecule has 3 rings (SSSR count). The van der Waals surface area contributed by atoms with Gasteiger partial charge in [-0.25, -0.2) is 12.7 Å². The van der Waals surface area contributed by atoms with Crippen LogP contribution in [-0.4, -0.2) is 50.4 Å². The predicted octanol–water partition coefficient (Wildman–Crippen LogP) is 1.81. The van der Waals surface area contributed by atoms with Gasteiger partial charge in [-0.1, -0.05) is 0 Å². The smallest absolute Gasteiger partial charge is 0.227 e. The lowest BCUT2D eigenvalue weighted by molar-refractivity contribution is -0.121. The quantitative estimate of drug-likeness (QED) is 0.864. The van der Waals surface area contributed by atoms with E-state index >= 15 is 0 Å². The molecule has 2 aliphatic heterocycles.